The zero-order valence-corrected chi connectivity index (χ0v) is 77.0. The molecule has 5 fully saturated rings. The molecule has 0 spiro atoms. The van der Waals surface area contributed by atoms with Gasteiger partial charge in [-0.3, -0.25) is 48.5 Å². The third kappa shape index (κ3) is 27.6. The molecule has 25 heteroatoms. The number of methoxy groups -OCH3 is 5. The third-order valence-electron chi connectivity index (χ3n) is 23.1. The summed E-state index contributed by atoms with van der Waals surface area (Å²) in [5.41, 5.74) is -7.23. The Bertz CT molecular complexity index is 6830. The van der Waals surface area contributed by atoms with Crippen molar-refractivity contribution in [1.82, 2.24) is 24.5 Å². The van der Waals surface area contributed by atoms with Gasteiger partial charge in [-0.1, -0.05) is 155 Å². The summed E-state index contributed by atoms with van der Waals surface area (Å²) >= 11 is 6.65. The highest BCUT2D eigenvalue weighted by molar-refractivity contribution is 7.11. The van der Waals surface area contributed by atoms with Crippen molar-refractivity contribution in [3.63, 3.8) is 0 Å². The zero-order chi connectivity index (χ0) is 129. The number of ether oxygens (including phenoxy) is 5. The first-order chi connectivity index (χ1) is 80.0. The molecule has 0 saturated carbocycles. The number of piperidine rings is 5. The molecule has 5 aromatic heterocycles. The average Bonchev–Trinajstić information content (AvgIpc) is 1.64. The van der Waals surface area contributed by atoms with Gasteiger partial charge in [0.05, 0.1) is 21.9 Å². The number of amides is 5. The Balaban J connectivity index is 0.000000202. The molecule has 10 aromatic rings. The summed E-state index contributed by atoms with van der Waals surface area (Å²) in [5.74, 6) is -4.58. The summed E-state index contributed by atoms with van der Waals surface area (Å²) in [5, 5.41) is 9.06. The second-order valence-corrected chi connectivity index (χ2v) is 35.3. The van der Waals surface area contributed by atoms with Crippen molar-refractivity contribution < 1.29 is 107 Å². The van der Waals surface area contributed by atoms with Crippen molar-refractivity contribution in [3.8, 4) is 0 Å². The Kier molecular flexibility index (Phi) is 23.3. The molecule has 10 heterocycles. The van der Waals surface area contributed by atoms with E-state index in [1.165, 1.54) is 80.7 Å². The first-order valence-corrected chi connectivity index (χ1v) is 46.8. The minimum atomic E-state index is -3.15. The molecule has 5 amide bonds. The van der Waals surface area contributed by atoms with Crippen LogP contribution in [0.15, 0.2) is 239 Å². The van der Waals surface area contributed by atoms with Crippen molar-refractivity contribution in [1.29, 1.82) is 0 Å². The van der Waals surface area contributed by atoms with Crippen molar-refractivity contribution in [3.05, 3.63) is 263 Å². The van der Waals surface area contributed by atoms with E-state index in [9.17, 15) is 24.0 Å². The number of carbonyl (C=O) groups is 5. The number of anilines is 5. The van der Waals surface area contributed by atoms with Crippen LogP contribution in [-0.2, 0) is 79.5 Å². The average molecular weight is 1910 g/mol. The normalized spacial score (nSPS) is 23.3. The van der Waals surface area contributed by atoms with Gasteiger partial charge in [-0.25, -0.2) is 0 Å². The van der Waals surface area contributed by atoms with Crippen molar-refractivity contribution in [2.45, 2.75) is 191 Å². The third-order valence-corrected chi connectivity index (χ3v) is 27.2. The number of carbonyl (C=O) groups excluding carboxylic acids is 5. The summed E-state index contributed by atoms with van der Waals surface area (Å²) in [6, 6.07) is 36.2. The lowest BCUT2D eigenvalue weighted by atomic mass is 9.96. The highest BCUT2D eigenvalue weighted by atomic mass is 32.1. The molecule has 0 radical (unpaired) electrons. The molecule has 5 aliphatic heterocycles. The van der Waals surface area contributed by atoms with Gasteiger partial charge in [-0.05, 0) is 150 Å². The summed E-state index contributed by atoms with van der Waals surface area (Å²) in [6.45, 7) is -10.0. The lowest BCUT2D eigenvalue weighted by Crippen LogP contribution is -2.59. The van der Waals surface area contributed by atoms with Gasteiger partial charge >= 0.3 is 0 Å². The summed E-state index contributed by atoms with van der Waals surface area (Å²) in [6.07, 6.45) is -13.1. The van der Waals surface area contributed by atoms with E-state index in [2.05, 4.69) is 0 Å². The predicted molar refractivity (Wildman–Crippen MR) is 538 cm³/mol. The second kappa shape index (κ2) is 52.3. The molecular weight excluding hydrogens is 1720 g/mol. The fourth-order valence-corrected chi connectivity index (χ4v) is 19.2. The van der Waals surface area contributed by atoms with Crippen LogP contribution in [0.3, 0.4) is 0 Å². The van der Waals surface area contributed by atoms with Crippen LogP contribution < -0.4 is 24.5 Å². The van der Waals surface area contributed by atoms with Crippen LogP contribution in [0.2, 0.25) is 0 Å². The molecule has 0 unspecified atom stereocenters. The van der Waals surface area contributed by atoms with Gasteiger partial charge in [0.1, 0.15) is 28.6 Å². The standard InChI is InChI=1S/5C21H28N2O2S/c5*1-3-20(24)23(18-8-5-4-6-9-18)21(25-2)12-15-22(16-13-21)14-11-19-10-7-17-26-19/h5*4-10,17H,3,11-16H2,1-2H3/i1D3,2D3,4D,5D,6D,8D,9D,11D2;1D3,4D,5D,6D,8D,9D,11D2;1D3,3D2,11D2;1D3,2D3,11D2;1D3,11D2. The van der Waals surface area contributed by atoms with Gasteiger partial charge in [0, 0.05) is 320 Å². The summed E-state index contributed by atoms with van der Waals surface area (Å²) in [7, 11) is -1.65. The first kappa shape index (κ1) is 58.0. The number of thiophene rings is 5. The van der Waals surface area contributed by atoms with Crippen LogP contribution in [0.4, 0.5) is 28.4 Å². The van der Waals surface area contributed by atoms with E-state index in [1.807, 2.05) is 53.9 Å². The van der Waals surface area contributed by atoms with Crippen LogP contribution in [0.5, 0.6) is 0 Å². The highest BCUT2D eigenvalue weighted by Crippen LogP contribution is 2.41. The van der Waals surface area contributed by atoms with E-state index in [4.69, 9.17) is 82.6 Å². The SMILES string of the molecule is [2H]C([2H])(CN1CCC(OC)(N(C(=O)C([2H])([2H])C([2H])([2H])[2H])c2ccccc2)CC1)c1cccs1.[2H]C([2H])([2H])CC(=O)N(c1ccccc1)C1(OC([2H])([2H])[2H])CCN(CC([2H])([2H])c2cccs2)CC1.[2H]C([2H])([2H])CC(=O)N(c1ccccc1)C1(OC)CCN(CC([2H])([2H])c2cccs2)CC1.[2H]c1c([2H])c([2H])c(N(C(=O)CC([2H])([2H])[2H])C2(OC([2H])([2H])[2H])CCN(CC([2H])([2H])c3cccs3)CC2)c([2H])c1[2H].[2H]c1c([2H])c([2H])c(N(C(=O)CC([2H])([2H])[2H])C2(OC)CCN(CC([2H])([2H])c3cccs3)CC2)c([2H])c1[2H]. The molecule has 130 heavy (non-hydrogen) atoms. The highest BCUT2D eigenvalue weighted by Gasteiger charge is 2.48. The molecule has 0 bridgehead atoms. The monoisotopic (exact) mass is 1900 g/mol. The van der Waals surface area contributed by atoms with Crippen molar-refractivity contribution in [2.24, 2.45) is 0 Å². The van der Waals surface area contributed by atoms with E-state index in [0.29, 0.717) is 85.4 Å². The topological polar surface area (TPSA) is 164 Å². The Morgan fingerprint density at radius 1 is 0.300 bits per heavy atom. The van der Waals surface area contributed by atoms with Gasteiger partial charge < -0.3 is 48.2 Å². The molecule has 5 saturated heterocycles. The van der Waals surface area contributed by atoms with Gasteiger partial charge in [-0.15, -0.1) is 56.7 Å². The molecule has 0 N–H and O–H groups in total. The van der Waals surface area contributed by atoms with E-state index >= 15 is 0 Å². The molecule has 0 aliphatic carbocycles. The quantitative estimate of drug-likeness (QED) is 0.0344. The Morgan fingerprint density at radius 2 is 0.523 bits per heavy atom. The largest absolute Gasteiger partial charge is 0.358 e. The molecule has 5 aromatic carbocycles. The predicted octanol–water partition coefficient (Wildman–Crippen LogP) is 20.9. The van der Waals surface area contributed by atoms with E-state index in [0.717, 1.165) is 9.80 Å². The Hall–Kier alpha value is -8.45. The number of hydrogen-bond donors (Lipinski definition) is 0. The summed E-state index contributed by atoms with van der Waals surface area (Å²) in [4.78, 5) is 84.4. The number of rotatable bonds is 35. The minimum absolute atomic E-state index is 0.0111. The van der Waals surface area contributed by atoms with Crippen LogP contribution in [0.1, 0.15) is 214 Å². The van der Waals surface area contributed by atoms with E-state index in [-0.39, 0.29) is 123 Å². The minimum Gasteiger partial charge on any atom is -0.358 e. The lowest BCUT2D eigenvalue weighted by Gasteiger charge is -2.47. The van der Waals surface area contributed by atoms with E-state index < -0.39 is 242 Å². The van der Waals surface area contributed by atoms with Gasteiger partial charge in [0.15, 0.2) is 0 Å². The second-order valence-electron chi connectivity index (χ2n) is 30.5. The number of likely N-dealkylation sites (tertiary alicyclic amines) is 5. The molecule has 700 valence electrons. The fraction of sp³-hybridized carbons (Fsp3) is 0.476. The number of nitrogens with zero attached hydrogens (tertiary/aromatic N) is 10. The van der Waals surface area contributed by atoms with Crippen molar-refractivity contribution in [2.75, 3.05) is 158 Å². The van der Waals surface area contributed by atoms with Crippen molar-refractivity contribution >= 4 is 115 Å². The fourth-order valence-electron chi connectivity index (χ4n) is 16.1. The van der Waals surface area contributed by atoms with Crippen LogP contribution in [0, 0.1) is 0 Å². The molecule has 0 atom stereocenters. The molecular formula is C105H140N10O10S5. The van der Waals surface area contributed by atoms with Gasteiger partial charge in [0.2, 0.25) is 29.5 Å². The summed E-state index contributed by atoms with van der Waals surface area (Å²) < 4.78 is 371. The maximum Gasteiger partial charge on any atom is 0.229 e. The van der Waals surface area contributed by atoms with Crippen LogP contribution in [0.25, 0.3) is 0 Å². The first-order valence-electron chi connectivity index (χ1n) is 63.9. The van der Waals surface area contributed by atoms with E-state index in [1.54, 1.807) is 156 Å². The number of para-hydroxylation sites is 5. The molecule has 5 aliphatic rings. The van der Waals surface area contributed by atoms with Crippen LogP contribution >= 0.6 is 56.7 Å². The number of benzene rings is 5. The zero-order valence-electron chi connectivity index (χ0n) is 116. The Labute approximate surface area is 855 Å². The molecule has 15 rings (SSSR count). The maximum atomic E-state index is 13.5. The maximum absolute atomic E-state index is 13.5. The van der Waals surface area contributed by atoms with Crippen LogP contribution in [-0.4, -0.2) is 216 Å². The number of hydrogen-bond acceptors (Lipinski definition) is 20. The smallest absolute Gasteiger partial charge is 0.229 e. The Morgan fingerprint density at radius 3 is 0.723 bits per heavy atom. The molecule has 20 nitrogen and oxygen atoms in total. The van der Waals surface area contributed by atoms with Gasteiger partial charge in [-0.2, -0.15) is 0 Å². The lowest BCUT2D eigenvalue weighted by molar-refractivity contribution is -0.128. The van der Waals surface area contributed by atoms with Gasteiger partial charge in [0.25, 0.3) is 0 Å².